The van der Waals surface area contributed by atoms with Crippen LogP contribution in [0.5, 0.6) is 0 Å². The zero-order valence-electron chi connectivity index (χ0n) is 10.6. The third-order valence-electron chi connectivity index (χ3n) is 2.96. The van der Waals surface area contributed by atoms with Gasteiger partial charge in [0.25, 0.3) is 0 Å². The van der Waals surface area contributed by atoms with Gasteiger partial charge in [0, 0.05) is 0 Å². The standard InChI is InChI=1S/C15H17NO2/c1-11-6-3-4-7-13(11)10-15(17)16-12(2)14-8-5-9-18-14/h3-9,12H,10H2,1-2H3,(H,16,17). The van der Waals surface area contributed by atoms with Crippen molar-refractivity contribution in [1.29, 1.82) is 0 Å². The molecule has 3 nitrogen and oxygen atoms in total. The molecule has 1 aromatic heterocycles. The van der Waals surface area contributed by atoms with Gasteiger partial charge in [-0.1, -0.05) is 24.3 Å². The van der Waals surface area contributed by atoms with Gasteiger partial charge in [-0.05, 0) is 37.1 Å². The second-order valence-corrected chi connectivity index (χ2v) is 4.41. The van der Waals surface area contributed by atoms with E-state index in [2.05, 4.69) is 5.32 Å². The molecule has 0 bridgehead atoms. The van der Waals surface area contributed by atoms with Crippen LogP contribution in [0.25, 0.3) is 0 Å². The van der Waals surface area contributed by atoms with E-state index in [-0.39, 0.29) is 11.9 Å². The van der Waals surface area contributed by atoms with Gasteiger partial charge in [0.2, 0.25) is 5.91 Å². The number of nitrogens with one attached hydrogen (secondary N) is 1. The first kappa shape index (κ1) is 12.4. The van der Waals surface area contributed by atoms with E-state index in [1.54, 1.807) is 6.26 Å². The molecule has 2 rings (SSSR count). The van der Waals surface area contributed by atoms with Crippen LogP contribution in [0.15, 0.2) is 47.1 Å². The fourth-order valence-electron chi connectivity index (χ4n) is 1.88. The second-order valence-electron chi connectivity index (χ2n) is 4.41. The smallest absolute Gasteiger partial charge is 0.225 e. The zero-order valence-corrected chi connectivity index (χ0v) is 10.6. The van der Waals surface area contributed by atoms with E-state index in [4.69, 9.17) is 4.42 Å². The molecule has 1 heterocycles. The molecule has 1 amide bonds. The maximum Gasteiger partial charge on any atom is 0.225 e. The minimum Gasteiger partial charge on any atom is -0.467 e. The summed E-state index contributed by atoms with van der Waals surface area (Å²) >= 11 is 0. The summed E-state index contributed by atoms with van der Waals surface area (Å²) in [5.74, 6) is 0.779. The van der Waals surface area contributed by atoms with Gasteiger partial charge < -0.3 is 9.73 Å². The Morgan fingerprint density at radius 2 is 2.06 bits per heavy atom. The summed E-state index contributed by atoms with van der Waals surface area (Å²) in [6, 6.07) is 11.5. The number of carbonyl (C=O) groups excluding carboxylic acids is 1. The Labute approximate surface area is 107 Å². The van der Waals surface area contributed by atoms with Gasteiger partial charge in [-0.2, -0.15) is 0 Å². The summed E-state index contributed by atoms with van der Waals surface area (Å²) in [5.41, 5.74) is 2.19. The molecule has 1 atom stereocenters. The topological polar surface area (TPSA) is 42.2 Å². The first-order valence-electron chi connectivity index (χ1n) is 6.04. The van der Waals surface area contributed by atoms with Crippen LogP contribution < -0.4 is 5.32 Å². The van der Waals surface area contributed by atoms with Crippen molar-refractivity contribution in [1.82, 2.24) is 5.32 Å². The molecule has 2 aromatic rings. The second kappa shape index (κ2) is 5.54. The van der Waals surface area contributed by atoms with Crippen molar-refractivity contribution >= 4 is 5.91 Å². The number of aryl methyl sites for hydroxylation is 1. The highest BCUT2D eigenvalue weighted by Crippen LogP contribution is 2.13. The lowest BCUT2D eigenvalue weighted by atomic mass is 10.1. The molecule has 0 fully saturated rings. The molecule has 18 heavy (non-hydrogen) atoms. The van der Waals surface area contributed by atoms with E-state index in [1.807, 2.05) is 50.2 Å². The summed E-state index contributed by atoms with van der Waals surface area (Å²) < 4.78 is 5.26. The van der Waals surface area contributed by atoms with Crippen LogP contribution in [0.3, 0.4) is 0 Å². The van der Waals surface area contributed by atoms with Crippen LogP contribution >= 0.6 is 0 Å². The third-order valence-corrected chi connectivity index (χ3v) is 2.96. The van der Waals surface area contributed by atoms with Gasteiger partial charge in [-0.3, -0.25) is 4.79 Å². The van der Waals surface area contributed by atoms with E-state index >= 15 is 0 Å². The molecule has 0 radical (unpaired) electrons. The molecule has 0 aliphatic heterocycles. The van der Waals surface area contributed by atoms with Crippen molar-refractivity contribution in [2.24, 2.45) is 0 Å². The largest absolute Gasteiger partial charge is 0.467 e. The number of hydrogen-bond acceptors (Lipinski definition) is 2. The normalized spacial score (nSPS) is 12.1. The quantitative estimate of drug-likeness (QED) is 0.897. The van der Waals surface area contributed by atoms with Gasteiger partial charge in [-0.15, -0.1) is 0 Å². The molecular formula is C15H17NO2. The highest BCUT2D eigenvalue weighted by molar-refractivity contribution is 5.79. The van der Waals surface area contributed by atoms with E-state index in [1.165, 1.54) is 0 Å². The summed E-state index contributed by atoms with van der Waals surface area (Å²) in [6.07, 6.45) is 2.01. The van der Waals surface area contributed by atoms with Crippen molar-refractivity contribution in [3.8, 4) is 0 Å². The molecule has 3 heteroatoms. The van der Waals surface area contributed by atoms with Gasteiger partial charge in [0.15, 0.2) is 0 Å². The lowest BCUT2D eigenvalue weighted by Gasteiger charge is -2.12. The first-order chi connectivity index (χ1) is 8.66. The Balaban J connectivity index is 1.95. The molecule has 94 valence electrons. The molecule has 0 saturated carbocycles. The Kier molecular flexibility index (Phi) is 3.82. The van der Waals surface area contributed by atoms with Crippen molar-refractivity contribution < 1.29 is 9.21 Å². The fraction of sp³-hybridized carbons (Fsp3) is 0.267. The lowest BCUT2D eigenvalue weighted by Crippen LogP contribution is -2.28. The Morgan fingerprint density at radius 3 is 2.72 bits per heavy atom. The monoisotopic (exact) mass is 243 g/mol. The summed E-state index contributed by atoms with van der Waals surface area (Å²) in [6.45, 7) is 3.92. The molecule has 0 aliphatic rings. The van der Waals surface area contributed by atoms with Crippen LogP contribution in [-0.4, -0.2) is 5.91 Å². The van der Waals surface area contributed by atoms with Crippen molar-refractivity contribution in [3.05, 3.63) is 59.5 Å². The Bertz CT molecular complexity index is 517. The average molecular weight is 243 g/mol. The van der Waals surface area contributed by atoms with Gasteiger partial charge >= 0.3 is 0 Å². The fourth-order valence-corrected chi connectivity index (χ4v) is 1.88. The van der Waals surface area contributed by atoms with E-state index < -0.39 is 0 Å². The molecule has 0 aliphatic carbocycles. The summed E-state index contributed by atoms with van der Waals surface area (Å²) in [4.78, 5) is 11.9. The molecule has 1 unspecified atom stereocenters. The number of rotatable bonds is 4. The number of benzene rings is 1. The molecule has 1 aromatic carbocycles. The summed E-state index contributed by atoms with van der Waals surface area (Å²) in [7, 11) is 0. The van der Waals surface area contributed by atoms with E-state index in [0.717, 1.165) is 16.9 Å². The van der Waals surface area contributed by atoms with Gasteiger partial charge in [-0.25, -0.2) is 0 Å². The highest BCUT2D eigenvalue weighted by atomic mass is 16.3. The highest BCUT2D eigenvalue weighted by Gasteiger charge is 2.12. The van der Waals surface area contributed by atoms with E-state index in [0.29, 0.717) is 6.42 Å². The third kappa shape index (κ3) is 3.00. The number of amides is 1. The zero-order chi connectivity index (χ0) is 13.0. The summed E-state index contributed by atoms with van der Waals surface area (Å²) in [5, 5.41) is 2.93. The Hall–Kier alpha value is -2.03. The van der Waals surface area contributed by atoms with Crippen LogP contribution in [0, 0.1) is 6.92 Å². The number of hydrogen-bond donors (Lipinski definition) is 1. The number of carbonyl (C=O) groups is 1. The van der Waals surface area contributed by atoms with Crippen molar-refractivity contribution in [3.63, 3.8) is 0 Å². The van der Waals surface area contributed by atoms with Crippen LogP contribution in [0.4, 0.5) is 0 Å². The predicted octanol–water partition coefficient (Wildman–Crippen LogP) is 3.01. The average Bonchev–Trinajstić information content (AvgIpc) is 2.85. The lowest BCUT2D eigenvalue weighted by molar-refractivity contribution is -0.121. The predicted molar refractivity (Wildman–Crippen MR) is 70.1 cm³/mol. The molecular weight excluding hydrogens is 226 g/mol. The van der Waals surface area contributed by atoms with Crippen LogP contribution in [0.1, 0.15) is 29.9 Å². The first-order valence-corrected chi connectivity index (χ1v) is 6.04. The SMILES string of the molecule is Cc1ccccc1CC(=O)NC(C)c1ccco1. The van der Waals surface area contributed by atoms with Crippen LogP contribution in [-0.2, 0) is 11.2 Å². The maximum absolute atomic E-state index is 11.9. The minimum absolute atomic E-state index is 0.00759. The van der Waals surface area contributed by atoms with Crippen LogP contribution in [0.2, 0.25) is 0 Å². The van der Waals surface area contributed by atoms with Gasteiger partial charge in [0.1, 0.15) is 5.76 Å². The molecule has 0 spiro atoms. The van der Waals surface area contributed by atoms with E-state index in [9.17, 15) is 4.79 Å². The minimum atomic E-state index is -0.100. The number of furan rings is 1. The molecule has 1 N–H and O–H groups in total. The molecule has 0 saturated heterocycles. The van der Waals surface area contributed by atoms with Crippen molar-refractivity contribution in [2.45, 2.75) is 26.3 Å². The maximum atomic E-state index is 11.9. The Morgan fingerprint density at radius 1 is 1.28 bits per heavy atom. The van der Waals surface area contributed by atoms with Gasteiger partial charge in [0.05, 0.1) is 18.7 Å². The van der Waals surface area contributed by atoms with Crippen molar-refractivity contribution in [2.75, 3.05) is 0 Å².